The van der Waals surface area contributed by atoms with Crippen molar-refractivity contribution in [3.05, 3.63) is 79.8 Å². The molecule has 1 aromatic heterocycles. The van der Waals surface area contributed by atoms with Gasteiger partial charge in [-0.2, -0.15) is 0 Å². The van der Waals surface area contributed by atoms with E-state index < -0.39 is 10.8 Å². The van der Waals surface area contributed by atoms with Crippen LogP contribution in [0.2, 0.25) is 0 Å². The van der Waals surface area contributed by atoms with Gasteiger partial charge in [-0.05, 0) is 11.1 Å². The number of nitro groups is 1. The van der Waals surface area contributed by atoms with Gasteiger partial charge in [0.15, 0.2) is 11.5 Å². The van der Waals surface area contributed by atoms with Crippen molar-refractivity contribution in [1.29, 1.82) is 0 Å². The molecule has 1 saturated heterocycles. The summed E-state index contributed by atoms with van der Waals surface area (Å²) in [5.41, 5.74) is 3.94. The zero-order valence-electron chi connectivity index (χ0n) is 19.3. The minimum Gasteiger partial charge on any atom is -0.493 e. The van der Waals surface area contributed by atoms with Crippen LogP contribution in [0.3, 0.4) is 0 Å². The molecule has 4 rings (SSSR count). The van der Waals surface area contributed by atoms with Crippen LogP contribution in [0.1, 0.15) is 27.2 Å². The summed E-state index contributed by atoms with van der Waals surface area (Å²) >= 11 is 1.42. The van der Waals surface area contributed by atoms with Gasteiger partial charge in [-0.3, -0.25) is 19.8 Å². The van der Waals surface area contributed by atoms with E-state index in [1.54, 1.807) is 5.51 Å². The minimum absolute atomic E-state index is 0.0997. The molecule has 0 saturated carbocycles. The Kier molecular flexibility index (Phi) is 8.24. The molecule has 2 heterocycles. The molecule has 3 aromatic rings. The number of hydrogen-bond acceptors (Lipinski definition) is 9. The van der Waals surface area contributed by atoms with Crippen molar-refractivity contribution < 1.29 is 23.9 Å². The van der Waals surface area contributed by atoms with E-state index in [4.69, 9.17) is 14.2 Å². The standard InChI is InChI=1S/C24H26N4O6S/c1-32-22-10-20(21(28(30)31)11-23(22)34-14-19-15-35-16-26-19)24(29)25-12-17-3-2-4-18(9-17)13-27-5-7-33-8-6-27/h2-4,9-11,15-16H,5-8,12-14H2,1H3,(H,25,29). The maximum Gasteiger partial charge on any atom is 0.286 e. The van der Waals surface area contributed by atoms with Crippen LogP contribution in [0.15, 0.2) is 47.3 Å². The molecule has 0 bridgehead atoms. The van der Waals surface area contributed by atoms with Crippen molar-refractivity contribution in [3.8, 4) is 11.5 Å². The Morgan fingerprint density at radius 3 is 2.74 bits per heavy atom. The van der Waals surface area contributed by atoms with E-state index in [0.29, 0.717) is 5.69 Å². The van der Waals surface area contributed by atoms with Gasteiger partial charge in [0.2, 0.25) is 0 Å². The van der Waals surface area contributed by atoms with Crippen LogP contribution < -0.4 is 14.8 Å². The second-order valence-electron chi connectivity index (χ2n) is 7.94. The number of nitrogens with one attached hydrogen (secondary N) is 1. The van der Waals surface area contributed by atoms with E-state index >= 15 is 0 Å². The highest BCUT2D eigenvalue weighted by molar-refractivity contribution is 7.07. The van der Waals surface area contributed by atoms with Gasteiger partial charge in [0.1, 0.15) is 12.2 Å². The lowest BCUT2D eigenvalue weighted by Crippen LogP contribution is -2.35. The van der Waals surface area contributed by atoms with Gasteiger partial charge >= 0.3 is 0 Å². The van der Waals surface area contributed by atoms with Gasteiger partial charge in [0, 0.05) is 37.6 Å². The number of rotatable bonds is 10. The number of nitrogens with zero attached hydrogens (tertiary/aromatic N) is 3. The highest BCUT2D eigenvalue weighted by Gasteiger charge is 2.25. The Hall–Kier alpha value is -3.54. The molecule has 1 N–H and O–H groups in total. The first-order chi connectivity index (χ1) is 17.0. The number of amides is 1. The summed E-state index contributed by atoms with van der Waals surface area (Å²) in [6.45, 7) is 4.39. The van der Waals surface area contributed by atoms with Gasteiger partial charge in [-0.15, -0.1) is 11.3 Å². The molecule has 10 nitrogen and oxygen atoms in total. The lowest BCUT2D eigenvalue weighted by atomic mass is 10.1. The van der Waals surface area contributed by atoms with Crippen molar-refractivity contribution >= 4 is 22.9 Å². The van der Waals surface area contributed by atoms with E-state index in [-0.39, 0.29) is 35.9 Å². The Morgan fingerprint density at radius 1 is 1.23 bits per heavy atom. The van der Waals surface area contributed by atoms with Crippen molar-refractivity contribution in [2.45, 2.75) is 19.7 Å². The second kappa shape index (κ2) is 11.7. The van der Waals surface area contributed by atoms with Crippen LogP contribution in [-0.4, -0.2) is 54.1 Å². The minimum atomic E-state index is -0.604. The molecule has 184 valence electrons. The Labute approximate surface area is 206 Å². The van der Waals surface area contributed by atoms with Gasteiger partial charge in [0.25, 0.3) is 11.6 Å². The normalized spacial score (nSPS) is 13.9. The zero-order chi connectivity index (χ0) is 24.6. The van der Waals surface area contributed by atoms with Gasteiger partial charge < -0.3 is 19.5 Å². The van der Waals surface area contributed by atoms with Crippen molar-refractivity contribution in [1.82, 2.24) is 15.2 Å². The molecular formula is C24H26N4O6S. The SMILES string of the molecule is COc1cc(C(=O)NCc2cccc(CN3CCOCC3)c2)c([N+](=O)[O-])cc1OCc1cscn1. The predicted octanol–water partition coefficient (Wildman–Crippen LogP) is 3.40. The summed E-state index contributed by atoms with van der Waals surface area (Å²) in [6.07, 6.45) is 0. The zero-order valence-corrected chi connectivity index (χ0v) is 20.1. The van der Waals surface area contributed by atoms with Gasteiger partial charge in [-0.1, -0.05) is 24.3 Å². The third kappa shape index (κ3) is 6.53. The van der Waals surface area contributed by atoms with Gasteiger partial charge in [-0.25, -0.2) is 4.98 Å². The molecule has 0 radical (unpaired) electrons. The third-order valence-electron chi connectivity index (χ3n) is 5.54. The highest BCUT2D eigenvalue weighted by atomic mass is 32.1. The number of nitro benzene ring substituents is 1. The number of hydrogen-bond donors (Lipinski definition) is 1. The number of morpholine rings is 1. The lowest BCUT2D eigenvalue weighted by Gasteiger charge is -2.26. The van der Waals surface area contributed by atoms with E-state index in [1.807, 2.05) is 29.6 Å². The molecule has 0 unspecified atom stereocenters. The fraction of sp³-hybridized carbons (Fsp3) is 0.333. The van der Waals surface area contributed by atoms with Crippen LogP contribution in [-0.2, 0) is 24.4 Å². The molecule has 0 atom stereocenters. The van der Waals surface area contributed by atoms with Crippen LogP contribution in [0.5, 0.6) is 11.5 Å². The lowest BCUT2D eigenvalue weighted by molar-refractivity contribution is -0.385. The summed E-state index contributed by atoms with van der Waals surface area (Å²) in [4.78, 5) is 30.5. The van der Waals surface area contributed by atoms with E-state index in [9.17, 15) is 14.9 Å². The first-order valence-corrected chi connectivity index (χ1v) is 12.0. The van der Waals surface area contributed by atoms with E-state index in [2.05, 4.69) is 15.2 Å². The average molecular weight is 499 g/mol. The number of carbonyl (C=O) groups excluding carboxylic acids is 1. The summed E-state index contributed by atoms with van der Waals surface area (Å²) in [6, 6.07) is 10.5. The molecule has 0 aliphatic carbocycles. The highest BCUT2D eigenvalue weighted by Crippen LogP contribution is 2.35. The maximum atomic E-state index is 12.9. The van der Waals surface area contributed by atoms with Crippen LogP contribution >= 0.6 is 11.3 Å². The quantitative estimate of drug-likeness (QED) is 0.334. The number of thiazole rings is 1. The molecule has 1 aliphatic rings. The summed E-state index contributed by atoms with van der Waals surface area (Å²) < 4.78 is 16.4. The average Bonchev–Trinajstić information content (AvgIpc) is 3.40. The second-order valence-corrected chi connectivity index (χ2v) is 8.66. The van der Waals surface area contributed by atoms with Crippen LogP contribution in [0.4, 0.5) is 5.69 Å². The Balaban J connectivity index is 1.45. The van der Waals surface area contributed by atoms with Crippen LogP contribution in [0.25, 0.3) is 0 Å². The number of ether oxygens (including phenoxy) is 3. The predicted molar refractivity (Wildman–Crippen MR) is 130 cm³/mol. The molecule has 1 fully saturated rings. The fourth-order valence-corrected chi connectivity index (χ4v) is 4.29. The first-order valence-electron chi connectivity index (χ1n) is 11.1. The van der Waals surface area contributed by atoms with Crippen molar-refractivity contribution in [2.24, 2.45) is 0 Å². The number of methoxy groups -OCH3 is 1. The maximum absolute atomic E-state index is 12.9. The summed E-state index contributed by atoms with van der Waals surface area (Å²) in [5, 5.41) is 16.3. The molecule has 0 spiro atoms. The smallest absolute Gasteiger partial charge is 0.286 e. The van der Waals surface area contributed by atoms with E-state index in [0.717, 1.165) is 44.0 Å². The number of carbonyl (C=O) groups is 1. The summed E-state index contributed by atoms with van der Waals surface area (Å²) in [7, 11) is 1.42. The monoisotopic (exact) mass is 498 g/mol. The van der Waals surface area contributed by atoms with Gasteiger partial charge in [0.05, 0.1) is 42.5 Å². The fourth-order valence-electron chi connectivity index (χ4n) is 3.75. The van der Waals surface area contributed by atoms with Crippen molar-refractivity contribution in [3.63, 3.8) is 0 Å². The third-order valence-corrected chi connectivity index (χ3v) is 6.17. The topological polar surface area (TPSA) is 116 Å². The molecule has 35 heavy (non-hydrogen) atoms. The van der Waals surface area contributed by atoms with Crippen molar-refractivity contribution in [2.75, 3.05) is 33.4 Å². The molecule has 11 heteroatoms. The molecule has 1 amide bonds. The first kappa shape index (κ1) is 24.6. The number of aromatic nitrogens is 1. The van der Waals surface area contributed by atoms with Crippen LogP contribution in [0, 0.1) is 10.1 Å². The summed E-state index contributed by atoms with van der Waals surface area (Å²) in [5.74, 6) is -0.178. The Morgan fingerprint density at radius 2 is 2.03 bits per heavy atom. The molecule has 2 aromatic carbocycles. The Bertz CT molecular complexity index is 1160. The molecular weight excluding hydrogens is 472 g/mol. The number of benzene rings is 2. The van der Waals surface area contributed by atoms with E-state index in [1.165, 1.54) is 30.6 Å². The molecule has 1 aliphatic heterocycles. The largest absolute Gasteiger partial charge is 0.493 e.